The molecule has 6 nitrogen and oxygen atoms in total. The lowest BCUT2D eigenvalue weighted by molar-refractivity contribution is -0.124. The number of rotatable bonds is 4. The van der Waals surface area contributed by atoms with Crippen LogP contribution in [0.4, 0.5) is 4.79 Å². The van der Waals surface area contributed by atoms with Crippen molar-refractivity contribution in [1.82, 2.24) is 10.2 Å². The lowest BCUT2D eigenvalue weighted by Gasteiger charge is -2.12. The normalized spacial score (nSPS) is 14.9. The first kappa shape index (κ1) is 14.6. The molecular formula is C15H14N2O4S. The summed E-state index contributed by atoms with van der Waals surface area (Å²) in [5.41, 5.74) is 1.71. The van der Waals surface area contributed by atoms with Crippen LogP contribution in [-0.2, 0) is 4.79 Å². The van der Waals surface area contributed by atoms with Crippen molar-refractivity contribution in [1.29, 1.82) is 0 Å². The van der Waals surface area contributed by atoms with Crippen LogP contribution in [0.3, 0.4) is 0 Å². The molecule has 0 radical (unpaired) electrons. The molecule has 0 spiro atoms. The minimum absolute atomic E-state index is 0.176. The van der Waals surface area contributed by atoms with E-state index in [9.17, 15) is 14.4 Å². The summed E-state index contributed by atoms with van der Waals surface area (Å²) in [5.74, 6) is -0.187. The number of thioether (sulfide) groups is 1. The highest BCUT2D eigenvalue weighted by atomic mass is 32.2. The fourth-order valence-corrected chi connectivity index (χ4v) is 2.97. The van der Waals surface area contributed by atoms with Crippen LogP contribution in [0.2, 0.25) is 0 Å². The van der Waals surface area contributed by atoms with Gasteiger partial charge in [0.25, 0.3) is 11.1 Å². The zero-order chi connectivity index (χ0) is 15.7. The molecule has 0 unspecified atom stereocenters. The molecule has 2 aromatic rings. The summed E-state index contributed by atoms with van der Waals surface area (Å²) in [4.78, 5) is 36.0. The topological polar surface area (TPSA) is 79.6 Å². The third-order valence-corrected chi connectivity index (χ3v) is 4.22. The van der Waals surface area contributed by atoms with Gasteiger partial charge in [-0.3, -0.25) is 19.3 Å². The van der Waals surface area contributed by atoms with Crippen LogP contribution in [0.1, 0.15) is 16.1 Å². The molecule has 0 aliphatic carbocycles. The van der Waals surface area contributed by atoms with Crippen LogP contribution in [0, 0.1) is 6.92 Å². The summed E-state index contributed by atoms with van der Waals surface area (Å²) in [6.07, 6.45) is 0. The van der Waals surface area contributed by atoms with Crippen molar-refractivity contribution in [2.75, 3.05) is 18.8 Å². The molecule has 1 fully saturated rings. The predicted octanol–water partition coefficient (Wildman–Crippen LogP) is 2.17. The second kappa shape index (κ2) is 5.84. The highest BCUT2D eigenvalue weighted by Crippen LogP contribution is 2.21. The molecule has 0 atom stereocenters. The van der Waals surface area contributed by atoms with Gasteiger partial charge in [-0.1, -0.05) is 23.9 Å². The number of hydrogen-bond acceptors (Lipinski definition) is 5. The van der Waals surface area contributed by atoms with Crippen molar-refractivity contribution in [2.24, 2.45) is 0 Å². The van der Waals surface area contributed by atoms with Crippen molar-refractivity contribution < 1.29 is 18.8 Å². The molecule has 1 aromatic heterocycles. The number of fused-ring (bicyclic) bond motifs is 1. The number of nitrogens with zero attached hydrogens (tertiary/aromatic N) is 1. The SMILES string of the molecule is Cc1ccc2cc(C(=O)NCCN3C(=O)CSC3=O)oc2c1. The summed E-state index contributed by atoms with van der Waals surface area (Å²) < 4.78 is 5.51. The summed E-state index contributed by atoms with van der Waals surface area (Å²) in [5, 5.41) is 3.25. The quantitative estimate of drug-likeness (QED) is 0.934. The van der Waals surface area contributed by atoms with E-state index >= 15 is 0 Å². The van der Waals surface area contributed by atoms with Crippen molar-refractivity contribution in [3.63, 3.8) is 0 Å². The Balaban J connectivity index is 1.61. The van der Waals surface area contributed by atoms with E-state index in [1.807, 2.05) is 25.1 Å². The van der Waals surface area contributed by atoms with Gasteiger partial charge in [-0.15, -0.1) is 0 Å². The first-order valence-electron chi connectivity index (χ1n) is 6.80. The summed E-state index contributed by atoms with van der Waals surface area (Å²) >= 11 is 0.979. The highest BCUT2D eigenvalue weighted by Gasteiger charge is 2.29. The number of imide groups is 1. The molecule has 1 aliphatic heterocycles. The fraction of sp³-hybridized carbons (Fsp3) is 0.267. The maximum atomic E-state index is 12.0. The Bertz CT molecular complexity index is 752. The van der Waals surface area contributed by atoms with E-state index < -0.39 is 0 Å². The Morgan fingerprint density at radius 3 is 2.91 bits per heavy atom. The minimum Gasteiger partial charge on any atom is -0.451 e. The Hall–Kier alpha value is -2.28. The number of carbonyl (C=O) groups is 3. The number of aryl methyl sites for hydroxylation is 1. The van der Waals surface area contributed by atoms with Gasteiger partial charge in [0.1, 0.15) is 5.58 Å². The first-order valence-corrected chi connectivity index (χ1v) is 7.78. The van der Waals surface area contributed by atoms with Gasteiger partial charge >= 0.3 is 0 Å². The molecule has 3 amide bonds. The Morgan fingerprint density at radius 1 is 1.36 bits per heavy atom. The molecule has 1 saturated heterocycles. The molecule has 1 aliphatic rings. The van der Waals surface area contributed by atoms with E-state index in [2.05, 4.69) is 5.32 Å². The molecule has 7 heteroatoms. The lowest BCUT2D eigenvalue weighted by atomic mass is 10.2. The summed E-state index contributed by atoms with van der Waals surface area (Å²) in [6.45, 7) is 2.33. The number of amides is 3. The summed E-state index contributed by atoms with van der Waals surface area (Å²) in [7, 11) is 0. The lowest BCUT2D eigenvalue weighted by Crippen LogP contribution is -2.37. The minimum atomic E-state index is -0.361. The third kappa shape index (κ3) is 2.85. The molecule has 0 bridgehead atoms. The monoisotopic (exact) mass is 318 g/mol. The van der Waals surface area contributed by atoms with Crippen LogP contribution in [0.5, 0.6) is 0 Å². The fourth-order valence-electron chi connectivity index (χ4n) is 2.22. The van der Waals surface area contributed by atoms with E-state index in [0.717, 1.165) is 27.6 Å². The second-order valence-electron chi connectivity index (χ2n) is 5.01. The smallest absolute Gasteiger partial charge is 0.288 e. The van der Waals surface area contributed by atoms with Crippen molar-refractivity contribution >= 4 is 39.8 Å². The Labute approximate surface area is 130 Å². The van der Waals surface area contributed by atoms with Gasteiger partial charge in [0.05, 0.1) is 5.75 Å². The van der Waals surface area contributed by atoms with Gasteiger partial charge in [0.15, 0.2) is 5.76 Å². The van der Waals surface area contributed by atoms with E-state index in [4.69, 9.17) is 4.42 Å². The largest absolute Gasteiger partial charge is 0.451 e. The number of nitrogens with one attached hydrogen (secondary N) is 1. The van der Waals surface area contributed by atoms with Crippen molar-refractivity contribution in [3.8, 4) is 0 Å². The molecule has 1 N–H and O–H groups in total. The Morgan fingerprint density at radius 2 is 2.18 bits per heavy atom. The van der Waals surface area contributed by atoms with Crippen LogP contribution in [0.25, 0.3) is 11.0 Å². The van der Waals surface area contributed by atoms with Crippen LogP contribution in [-0.4, -0.2) is 40.8 Å². The molecule has 114 valence electrons. The number of furan rings is 1. The molecular weight excluding hydrogens is 304 g/mol. The molecule has 2 heterocycles. The number of hydrogen-bond donors (Lipinski definition) is 1. The highest BCUT2D eigenvalue weighted by molar-refractivity contribution is 8.14. The maximum Gasteiger partial charge on any atom is 0.288 e. The third-order valence-electron chi connectivity index (χ3n) is 3.36. The second-order valence-corrected chi connectivity index (χ2v) is 5.93. The average molecular weight is 318 g/mol. The standard InChI is InChI=1S/C15H14N2O4S/c1-9-2-3-10-7-12(21-11(10)6-9)14(19)16-4-5-17-13(18)8-22-15(17)20/h2-3,6-7H,4-5,8H2,1H3,(H,16,19). The molecule has 22 heavy (non-hydrogen) atoms. The van der Waals surface area contributed by atoms with Crippen LogP contribution >= 0.6 is 11.8 Å². The van der Waals surface area contributed by atoms with E-state index in [-0.39, 0.29) is 41.7 Å². The van der Waals surface area contributed by atoms with Crippen molar-refractivity contribution in [2.45, 2.75) is 6.92 Å². The summed E-state index contributed by atoms with van der Waals surface area (Å²) in [6, 6.07) is 7.38. The van der Waals surface area contributed by atoms with Gasteiger partial charge in [0, 0.05) is 18.5 Å². The van der Waals surface area contributed by atoms with Gasteiger partial charge < -0.3 is 9.73 Å². The van der Waals surface area contributed by atoms with Gasteiger partial charge in [-0.2, -0.15) is 0 Å². The maximum absolute atomic E-state index is 12.0. The first-order chi connectivity index (χ1) is 10.5. The van der Waals surface area contributed by atoms with Crippen molar-refractivity contribution in [3.05, 3.63) is 35.6 Å². The Kier molecular flexibility index (Phi) is 3.89. The molecule has 3 rings (SSSR count). The van der Waals surface area contributed by atoms with E-state index in [0.29, 0.717) is 5.58 Å². The zero-order valence-electron chi connectivity index (χ0n) is 11.9. The van der Waals surface area contributed by atoms with Crippen LogP contribution in [0.15, 0.2) is 28.7 Å². The average Bonchev–Trinajstić information content (AvgIpc) is 3.04. The van der Waals surface area contributed by atoms with E-state index in [1.165, 1.54) is 0 Å². The molecule has 0 saturated carbocycles. The number of benzene rings is 1. The zero-order valence-corrected chi connectivity index (χ0v) is 12.7. The molecule has 1 aromatic carbocycles. The van der Waals surface area contributed by atoms with Gasteiger partial charge in [-0.05, 0) is 24.6 Å². The van der Waals surface area contributed by atoms with E-state index in [1.54, 1.807) is 6.07 Å². The predicted molar refractivity (Wildman–Crippen MR) is 82.9 cm³/mol. The van der Waals surface area contributed by atoms with Gasteiger partial charge in [0.2, 0.25) is 5.91 Å². The van der Waals surface area contributed by atoms with Gasteiger partial charge in [-0.25, -0.2) is 0 Å². The van der Waals surface area contributed by atoms with Crippen LogP contribution < -0.4 is 5.32 Å². The number of carbonyl (C=O) groups excluding carboxylic acids is 3.